The van der Waals surface area contributed by atoms with Crippen LogP contribution in [0.1, 0.15) is 63.9 Å². The van der Waals surface area contributed by atoms with Crippen molar-refractivity contribution in [2.75, 3.05) is 45.9 Å². The summed E-state index contributed by atoms with van der Waals surface area (Å²) in [6.07, 6.45) is 0.223. The molecule has 2 atom stereocenters. The molecule has 0 aliphatic carbocycles. The Balaban J connectivity index is 1.52. The minimum Gasteiger partial charge on any atom is -0.480 e. The summed E-state index contributed by atoms with van der Waals surface area (Å²) in [6.45, 7) is 7.79. The topological polar surface area (TPSA) is 190 Å². The number of para-hydroxylation sites is 1. The molecule has 2 saturated heterocycles. The second-order valence-electron chi connectivity index (χ2n) is 12.6. The van der Waals surface area contributed by atoms with Gasteiger partial charge in [-0.3, -0.25) is 19.2 Å². The van der Waals surface area contributed by atoms with E-state index in [0.717, 1.165) is 0 Å². The average Bonchev–Trinajstić information content (AvgIpc) is 3.73. The fourth-order valence-corrected chi connectivity index (χ4v) is 5.56. The Hall–Kier alpha value is -5.15. The molecule has 2 aromatic rings. The van der Waals surface area contributed by atoms with Gasteiger partial charge in [0.15, 0.2) is 12.3 Å². The lowest BCUT2D eigenvalue weighted by molar-refractivity contribution is -0.155. The summed E-state index contributed by atoms with van der Waals surface area (Å²) in [7, 11) is 0. The van der Waals surface area contributed by atoms with Crippen molar-refractivity contribution in [3.63, 3.8) is 0 Å². The van der Waals surface area contributed by atoms with Gasteiger partial charge in [-0.1, -0.05) is 18.2 Å². The Morgan fingerprint density at radius 3 is 2.31 bits per heavy atom. The van der Waals surface area contributed by atoms with Crippen LogP contribution in [0, 0.1) is 0 Å². The molecule has 2 aliphatic rings. The number of benzene rings is 1. The summed E-state index contributed by atoms with van der Waals surface area (Å²) in [5.41, 5.74) is -0.349. The zero-order valence-corrected chi connectivity index (χ0v) is 28.3. The number of hydrogen-bond acceptors (Lipinski definition) is 10. The molecule has 49 heavy (non-hydrogen) atoms. The number of ether oxygens (including phenoxy) is 3. The third-order valence-corrected chi connectivity index (χ3v) is 7.89. The minimum absolute atomic E-state index is 0.0440. The molecule has 0 saturated carbocycles. The smallest absolute Gasteiger partial charge is 0.409 e. The Morgan fingerprint density at radius 2 is 1.67 bits per heavy atom. The third kappa shape index (κ3) is 9.93. The summed E-state index contributed by atoms with van der Waals surface area (Å²) in [5, 5.41) is 16.6. The predicted octanol–water partition coefficient (Wildman–Crippen LogP) is 1.85. The summed E-state index contributed by atoms with van der Waals surface area (Å²) >= 11 is 0. The molecule has 0 radical (unpaired) electrons. The third-order valence-electron chi connectivity index (χ3n) is 7.89. The van der Waals surface area contributed by atoms with Gasteiger partial charge in [-0.15, -0.1) is 0 Å². The van der Waals surface area contributed by atoms with Crippen LogP contribution in [-0.2, 0) is 28.7 Å². The number of piperazine rings is 1. The molecule has 0 unspecified atom stereocenters. The van der Waals surface area contributed by atoms with Gasteiger partial charge in [0.25, 0.3) is 11.8 Å². The predicted molar refractivity (Wildman–Crippen MR) is 173 cm³/mol. The number of carboxylic acids is 1. The molecule has 4 amide bonds. The van der Waals surface area contributed by atoms with Crippen LogP contribution in [0.2, 0.25) is 0 Å². The number of carboxylic acid groups (broad SMARTS) is 1. The zero-order valence-electron chi connectivity index (χ0n) is 28.3. The van der Waals surface area contributed by atoms with Crippen LogP contribution in [0.25, 0.3) is 5.69 Å². The molecule has 16 nitrogen and oxygen atoms in total. The van der Waals surface area contributed by atoms with Crippen molar-refractivity contribution in [3.8, 4) is 11.6 Å². The number of aliphatic carboxylic acids is 1. The lowest BCUT2D eigenvalue weighted by Gasteiger charge is -2.36. The van der Waals surface area contributed by atoms with Crippen LogP contribution >= 0.6 is 0 Å². The van der Waals surface area contributed by atoms with E-state index in [1.165, 1.54) is 25.4 Å². The van der Waals surface area contributed by atoms with Crippen molar-refractivity contribution in [1.29, 1.82) is 0 Å². The minimum atomic E-state index is -1.13. The fourth-order valence-electron chi connectivity index (χ4n) is 5.56. The van der Waals surface area contributed by atoms with Crippen molar-refractivity contribution in [1.82, 2.24) is 29.8 Å². The standard InChI is InChI=1S/C33H44N6O10/c1-5-47-32(46)37-18-16-36(17-19-37)30(43)23(13-14-28(41)49-33(2,3)4)34-29(42)24-20-27(39(35-24)22-10-7-6-8-11-22)48-21-26(40)38-15-9-12-25(38)31(44)45/h6-8,10-11,20,23,25H,5,9,12-19,21H2,1-4H3,(H,34,42)(H,44,45)/t23-,25-/m0/s1. The molecule has 266 valence electrons. The van der Waals surface area contributed by atoms with Gasteiger partial charge >= 0.3 is 18.0 Å². The van der Waals surface area contributed by atoms with E-state index >= 15 is 0 Å². The van der Waals surface area contributed by atoms with Gasteiger partial charge in [0.2, 0.25) is 11.8 Å². The number of aromatic nitrogens is 2. The first-order valence-corrected chi connectivity index (χ1v) is 16.3. The monoisotopic (exact) mass is 684 g/mol. The molecule has 2 N–H and O–H groups in total. The number of carbonyl (C=O) groups excluding carboxylic acids is 5. The van der Waals surface area contributed by atoms with E-state index in [9.17, 15) is 33.9 Å². The van der Waals surface area contributed by atoms with Gasteiger partial charge in [0.1, 0.15) is 17.7 Å². The Bertz CT molecular complexity index is 1510. The highest BCUT2D eigenvalue weighted by molar-refractivity contribution is 5.96. The summed E-state index contributed by atoms with van der Waals surface area (Å²) in [4.78, 5) is 80.9. The van der Waals surface area contributed by atoms with Crippen molar-refractivity contribution < 1.29 is 48.1 Å². The quantitative estimate of drug-likeness (QED) is 0.310. The largest absolute Gasteiger partial charge is 0.480 e. The lowest BCUT2D eigenvalue weighted by atomic mass is 10.1. The van der Waals surface area contributed by atoms with Crippen LogP contribution in [0.15, 0.2) is 36.4 Å². The number of hydrogen-bond donors (Lipinski definition) is 2. The average molecular weight is 685 g/mol. The molecule has 3 heterocycles. The van der Waals surface area contributed by atoms with Crippen molar-refractivity contribution >= 4 is 35.8 Å². The summed E-state index contributed by atoms with van der Waals surface area (Å²) in [5.74, 6) is -3.28. The number of esters is 1. The van der Waals surface area contributed by atoms with Gasteiger partial charge < -0.3 is 39.3 Å². The first-order valence-electron chi connectivity index (χ1n) is 16.3. The van der Waals surface area contributed by atoms with Crippen molar-refractivity contribution in [3.05, 3.63) is 42.1 Å². The van der Waals surface area contributed by atoms with Gasteiger partial charge in [-0.2, -0.15) is 5.10 Å². The molecular formula is C33H44N6O10. The zero-order chi connectivity index (χ0) is 35.7. The number of carbonyl (C=O) groups is 6. The Labute approximate surface area is 284 Å². The highest BCUT2D eigenvalue weighted by Gasteiger charge is 2.35. The van der Waals surface area contributed by atoms with Gasteiger partial charge in [-0.05, 0) is 59.1 Å². The first kappa shape index (κ1) is 36.7. The van der Waals surface area contributed by atoms with Gasteiger partial charge in [0.05, 0.1) is 12.3 Å². The van der Waals surface area contributed by atoms with Gasteiger partial charge in [-0.25, -0.2) is 14.3 Å². The second-order valence-corrected chi connectivity index (χ2v) is 12.6. The Morgan fingerprint density at radius 1 is 1.00 bits per heavy atom. The highest BCUT2D eigenvalue weighted by atomic mass is 16.6. The number of nitrogens with zero attached hydrogens (tertiary/aromatic N) is 5. The molecule has 16 heteroatoms. The van der Waals surface area contributed by atoms with E-state index in [1.807, 2.05) is 0 Å². The lowest BCUT2D eigenvalue weighted by Crippen LogP contribution is -2.56. The van der Waals surface area contributed by atoms with Crippen molar-refractivity contribution in [2.45, 2.75) is 71.1 Å². The molecule has 1 aromatic heterocycles. The number of nitrogens with one attached hydrogen (secondary N) is 1. The molecule has 2 fully saturated rings. The summed E-state index contributed by atoms with van der Waals surface area (Å²) < 4.78 is 17.6. The summed E-state index contributed by atoms with van der Waals surface area (Å²) in [6, 6.07) is 7.98. The molecule has 0 spiro atoms. The van der Waals surface area contributed by atoms with E-state index in [2.05, 4.69) is 10.4 Å². The molecular weight excluding hydrogens is 640 g/mol. The highest BCUT2D eigenvalue weighted by Crippen LogP contribution is 2.22. The van der Waals surface area contributed by atoms with Crippen molar-refractivity contribution in [2.24, 2.45) is 0 Å². The SMILES string of the molecule is CCOC(=O)N1CCN(C(=O)[C@H](CCC(=O)OC(C)(C)C)NC(=O)c2cc(OCC(=O)N3CCC[C@H]3C(=O)O)n(-c3ccccc3)n2)CC1. The Kier molecular flexibility index (Phi) is 12.2. The van der Waals surface area contributed by atoms with Gasteiger partial charge in [0, 0.05) is 45.2 Å². The fraction of sp³-hybridized carbons (Fsp3) is 0.545. The van der Waals surface area contributed by atoms with E-state index in [4.69, 9.17) is 14.2 Å². The van der Waals surface area contributed by atoms with Crippen LogP contribution in [0.5, 0.6) is 5.88 Å². The second kappa shape index (κ2) is 16.3. The van der Waals surface area contributed by atoms with Crippen LogP contribution in [0.3, 0.4) is 0 Å². The van der Waals surface area contributed by atoms with E-state index in [-0.39, 0.29) is 57.2 Å². The number of rotatable bonds is 12. The first-order chi connectivity index (χ1) is 23.3. The maximum Gasteiger partial charge on any atom is 0.409 e. The van der Waals surface area contributed by atoms with Crippen LogP contribution < -0.4 is 10.1 Å². The number of amides is 4. The molecule has 0 bridgehead atoms. The molecule has 2 aliphatic heterocycles. The maximum absolute atomic E-state index is 13.7. The van der Waals surface area contributed by atoms with Crippen LogP contribution in [-0.4, -0.2) is 129 Å². The normalized spacial score (nSPS) is 16.9. The van der Waals surface area contributed by atoms with E-state index in [1.54, 1.807) is 58.0 Å². The molecule has 1 aromatic carbocycles. The van der Waals surface area contributed by atoms with E-state index in [0.29, 0.717) is 25.1 Å². The van der Waals surface area contributed by atoms with Crippen LogP contribution in [0.4, 0.5) is 4.79 Å². The number of likely N-dealkylation sites (tertiary alicyclic amines) is 1. The maximum atomic E-state index is 13.7. The molecule has 4 rings (SSSR count). The van der Waals surface area contributed by atoms with E-state index < -0.39 is 60.0 Å².